The van der Waals surface area contributed by atoms with E-state index in [4.69, 9.17) is 4.74 Å². The molecule has 1 saturated heterocycles. The van der Waals surface area contributed by atoms with Gasteiger partial charge in [0.2, 0.25) is 5.91 Å². The molecule has 106 valence electrons. The van der Waals surface area contributed by atoms with Crippen molar-refractivity contribution >= 4 is 24.0 Å². The molecular weight excluding hydrogens is 264 g/mol. The van der Waals surface area contributed by atoms with Gasteiger partial charge < -0.3 is 15.4 Å². The topological polar surface area (TPSA) is 50.4 Å². The minimum absolute atomic E-state index is 0. The Kier molecular flexibility index (Phi) is 6.12. The summed E-state index contributed by atoms with van der Waals surface area (Å²) in [5.41, 5.74) is 1.86. The highest BCUT2D eigenvalue weighted by molar-refractivity contribution is 5.92. The number of ether oxygens (including phenoxy) is 1. The van der Waals surface area contributed by atoms with Gasteiger partial charge in [-0.2, -0.15) is 0 Å². The number of nitrogens with one attached hydrogen (secondary N) is 2. The summed E-state index contributed by atoms with van der Waals surface area (Å²) < 4.78 is 5.24. The van der Waals surface area contributed by atoms with Crippen LogP contribution < -0.4 is 15.4 Å². The smallest absolute Gasteiger partial charge is 0.224 e. The highest BCUT2D eigenvalue weighted by atomic mass is 35.5. The van der Waals surface area contributed by atoms with Crippen molar-refractivity contribution in [2.45, 2.75) is 19.8 Å². The van der Waals surface area contributed by atoms with Gasteiger partial charge in [-0.1, -0.05) is 6.07 Å². The van der Waals surface area contributed by atoms with Gasteiger partial charge in [0, 0.05) is 6.42 Å². The monoisotopic (exact) mass is 284 g/mol. The molecule has 1 aliphatic rings. The molecule has 0 saturated carbocycles. The van der Waals surface area contributed by atoms with Crippen LogP contribution in [0, 0.1) is 12.8 Å². The SMILES string of the molecule is COc1ccc(C)cc1NC(=O)CC1CCNC1.Cl. The lowest BCUT2D eigenvalue weighted by atomic mass is 10.0. The first-order valence-electron chi connectivity index (χ1n) is 6.34. The van der Waals surface area contributed by atoms with Crippen LogP contribution in [0.15, 0.2) is 18.2 Å². The Hall–Kier alpha value is -1.26. The number of rotatable bonds is 4. The molecule has 1 unspecified atom stereocenters. The lowest BCUT2D eigenvalue weighted by molar-refractivity contribution is -0.117. The van der Waals surface area contributed by atoms with Crippen molar-refractivity contribution in [3.63, 3.8) is 0 Å². The van der Waals surface area contributed by atoms with E-state index in [1.54, 1.807) is 7.11 Å². The van der Waals surface area contributed by atoms with Gasteiger partial charge in [0.15, 0.2) is 0 Å². The van der Waals surface area contributed by atoms with Crippen molar-refractivity contribution < 1.29 is 9.53 Å². The van der Waals surface area contributed by atoms with E-state index in [2.05, 4.69) is 10.6 Å². The normalized spacial score (nSPS) is 17.7. The number of anilines is 1. The maximum Gasteiger partial charge on any atom is 0.224 e. The summed E-state index contributed by atoms with van der Waals surface area (Å²) in [6.45, 7) is 3.96. The lowest BCUT2D eigenvalue weighted by Gasteiger charge is -2.12. The van der Waals surface area contributed by atoms with Gasteiger partial charge in [-0.05, 0) is 50.0 Å². The van der Waals surface area contributed by atoms with Crippen molar-refractivity contribution in [1.29, 1.82) is 0 Å². The van der Waals surface area contributed by atoms with E-state index in [0.717, 1.165) is 30.8 Å². The predicted octanol–water partition coefficient (Wildman–Crippen LogP) is 2.36. The number of aryl methyl sites for hydroxylation is 1. The molecule has 1 aliphatic heterocycles. The van der Waals surface area contributed by atoms with Gasteiger partial charge in [0.1, 0.15) is 5.75 Å². The number of benzene rings is 1. The van der Waals surface area contributed by atoms with E-state index < -0.39 is 0 Å². The molecule has 2 rings (SSSR count). The molecule has 1 fully saturated rings. The van der Waals surface area contributed by atoms with Crippen molar-refractivity contribution in [1.82, 2.24) is 5.32 Å². The van der Waals surface area contributed by atoms with Crippen LogP contribution in [0.3, 0.4) is 0 Å². The fourth-order valence-electron chi connectivity index (χ4n) is 2.27. The van der Waals surface area contributed by atoms with Crippen molar-refractivity contribution in [3.8, 4) is 5.75 Å². The van der Waals surface area contributed by atoms with E-state index in [0.29, 0.717) is 18.1 Å². The first-order valence-corrected chi connectivity index (χ1v) is 6.34. The summed E-state index contributed by atoms with van der Waals surface area (Å²) in [6, 6.07) is 5.78. The minimum atomic E-state index is 0. The van der Waals surface area contributed by atoms with E-state index in [9.17, 15) is 4.79 Å². The van der Waals surface area contributed by atoms with Gasteiger partial charge in [-0.15, -0.1) is 12.4 Å². The molecule has 1 aromatic rings. The summed E-state index contributed by atoms with van der Waals surface area (Å²) >= 11 is 0. The average molecular weight is 285 g/mol. The highest BCUT2D eigenvalue weighted by Gasteiger charge is 2.18. The Morgan fingerprint density at radius 2 is 2.32 bits per heavy atom. The van der Waals surface area contributed by atoms with Crippen molar-refractivity contribution in [2.75, 3.05) is 25.5 Å². The average Bonchev–Trinajstić information content (AvgIpc) is 2.82. The molecule has 0 spiro atoms. The summed E-state index contributed by atoms with van der Waals surface area (Å²) in [6.07, 6.45) is 1.66. The Morgan fingerprint density at radius 3 is 2.95 bits per heavy atom. The van der Waals surface area contributed by atoms with Gasteiger partial charge >= 0.3 is 0 Å². The fourth-order valence-corrected chi connectivity index (χ4v) is 2.27. The molecule has 0 bridgehead atoms. The molecule has 19 heavy (non-hydrogen) atoms. The third-order valence-corrected chi connectivity index (χ3v) is 3.27. The second kappa shape index (κ2) is 7.36. The van der Waals surface area contributed by atoms with Crippen LogP contribution in [-0.4, -0.2) is 26.1 Å². The highest BCUT2D eigenvalue weighted by Crippen LogP contribution is 2.25. The number of methoxy groups -OCH3 is 1. The second-order valence-electron chi connectivity index (χ2n) is 4.81. The number of hydrogen-bond acceptors (Lipinski definition) is 3. The van der Waals surface area contributed by atoms with E-state index in [-0.39, 0.29) is 18.3 Å². The van der Waals surface area contributed by atoms with Gasteiger partial charge in [-0.25, -0.2) is 0 Å². The molecule has 5 heteroatoms. The largest absolute Gasteiger partial charge is 0.495 e. The maximum absolute atomic E-state index is 12.0. The maximum atomic E-state index is 12.0. The zero-order valence-electron chi connectivity index (χ0n) is 11.4. The Labute approximate surface area is 120 Å². The molecule has 1 atom stereocenters. The number of carbonyl (C=O) groups is 1. The third kappa shape index (κ3) is 4.40. The molecule has 1 amide bonds. The van der Waals surface area contributed by atoms with Crippen molar-refractivity contribution in [2.24, 2.45) is 5.92 Å². The number of hydrogen-bond donors (Lipinski definition) is 2. The summed E-state index contributed by atoms with van der Waals surface area (Å²) in [5, 5.41) is 6.21. The lowest BCUT2D eigenvalue weighted by Crippen LogP contribution is -2.18. The molecule has 2 N–H and O–H groups in total. The second-order valence-corrected chi connectivity index (χ2v) is 4.81. The molecule has 0 aromatic heterocycles. The van der Waals surface area contributed by atoms with Gasteiger partial charge in [0.25, 0.3) is 0 Å². The molecular formula is C14H21ClN2O2. The Morgan fingerprint density at radius 1 is 1.53 bits per heavy atom. The van der Waals surface area contributed by atoms with Crippen LogP contribution in [0.1, 0.15) is 18.4 Å². The molecule has 1 heterocycles. The third-order valence-electron chi connectivity index (χ3n) is 3.27. The zero-order chi connectivity index (χ0) is 13.0. The zero-order valence-corrected chi connectivity index (χ0v) is 12.2. The molecule has 1 aromatic carbocycles. The van der Waals surface area contributed by atoms with Gasteiger partial charge in [0.05, 0.1) is 12.8 Å². The van der Waals surface area contributed by atoms with Crippen molar-refractivity contribution in [3.05, 3.63) is 23.8 Å². The van der Waals surface area contributed by atoms with Crippen LogP contribution >= 0.6 is 12.4 Å². The number of halogens is 1. The first-order chi connectivity index (χ1) is 8.69. The van der Waals surface area contributed by atoms with Crippen LogP contribution in [-0.2, 0) is 4.79 Å². The van der Waals surface area contributed by atoms with E-state index in [1.165, 1.54) is 0 Å². The summed E-state index contributed by atoms with van der Waals surface area (Å²) in [5.74, 6) is 1.23. The van der Waals surface area contributed by atoms with Crippen LogP contribution in [0.25, 0.3) is 0 Å². The van der Waals surface area contributed by atoms with Gasteiger partial charge in [-0.3, -0.25) is 4.79 Å². The number of carbonyl (C=O) groups excluding carboxylic acids is 1. The van der Waals surface area contributed by atoms with E-state index >= 15 is 0 Å². The first kappa shape index (κ1) is 15.8. The molecule has 0 aliphatic carbocycles. The minimum Gasteiger partial charge on any atom is -0.495 e. The summed E-state index contributed by atoms with van der Waals surface area (Å²) in [4.78, 5) is 12.0. The Balaban J connectivity index is 0.00000180. The standard InChI is InChI=1S/C14H20N2O2.ClH/c1-10-3-4-13(18-2)12(7-10)16-14(17)8-11-5-6-15-9-11;/h3-4,7,11,15H,5-6,8-9H2,1-2H3,(H,16,17);1H. The van der Waals surface area contributed by atoms with Crippen LogP contribution in [0.2, 0.25) is 0 Å². The molecule has 4 nitrogen and oxygen atoms in total. The van der Waals surface area contributed by atoms with E-state index in [1.807, 2.05) is 25.1 Å². The quantitative estimate of drug-likeness (QED) is 0.892. The van der Waals surface area contributed by atoms with Crippen LogP contribution in [0.4, 0.5) is 5.69 Å². The Bertz CT molecular complexity index is 431. The molecule has 0 radical (unpaired) electrons. The predicted molar refractivity (Wildman–Crippen MR) is 79.2 cm³/mol. The number of amides is 1. The van der Waals surface area contributed by atoms with Crippen LogP contribution in [0.5, 0.6) is 5.75 Å². The summed E-state index contributed by atoms with van der Waals surface area (Å²) in [7, 11) is 1.61. The fraction of sp³-hybridized carbons (Fsp3) is 0.500.